The van der Waals surface area contributed by atoms with E-state index < -0.39 is 0 Å². The van der Waals surface area contributed by atoms with Crippen LogP contribution in [0.15, 0.2) is 42.6 Å². The Kier molecular flexibility index (Phi) is 5.03. The van der Waals surface area contributed by atoms with Gasteiger partial charge in [0.1, 0.15) is 17.1 Å². The van der Waals surface area contributed by atoms with E-state index in [0.29, 0.717) is 18.0 Å². The minimum atomic E-state index is -0.173. The number of rotatable bonds is 6. The monoisotopic (exact) mass is 337 g/mol. The van der Waals surface area contributed by atoms with E-state index in [9.17, 15) is 4.79 Å². The van der Waals surface area contributed by atoms with Gasteiger partial charge in [0.15, 0.2) is 0 Å². The Bertz CT molecular complexity index is 882. The minimum absolute atomic E-state index is 0.173. The lowest BCUT2D eigenvalue weighted by molar-refractivity contribution is 0.102. The number of carbonyl (C=O) groups is 1. The predicted octanol–water partition coefficient (Wildman–Crippen LogP) is 4.38. The number of imidazole rings is 1. The molecule has 2 aromatic heterocycles. The van der Waals surface area contributed by atoms with E-state index in [1.807, 2.05) is 60.8 Å². The van der Waals surface area contributed by atoms with Crippen molar-refractivity contribution in [1.82, 2.24) is 9.38 Å². The number of benzene rings is 1. The zero-order valence-corrected chi connectivity index (χ0v) is 14.9. The Morgan fingerprint density at radius 1 is 1.20 bits per heavy atom. The average molecular weight is 337 g/mol. The van der Waals surface area contributed by atoms with Gasteiger partial charge in [-0.1, -0.05) is 13.3 Å². The molecule has 3 aromatic rings. The zero-order chi connectivity index (χ0) is 17.8. The molecule has 2 heterocycles. The van der Waals surface area contributed by atoms with Crippen LogP contribution in [0.25, 0.3) is 5.65 Å². The minimum Gasteiger partial charge on any atom is -0.494 e. The second-order valence-corrected chi connectivity index (χ2v) is 6.16. The summed E-state index contributed by atoms with van der Waals surface area (Å²) >= 11 is 0. The maximum absolute atomic E-state index is 12.7. The third-order valence-electron chi connectivity index (χ3n) is 4.05. The number of carbonyl (C=O) groups excluding carboxylic acids is 1. The summed E-state index contributed by atoms with van der Waals surface area (Å²) in [7, 11) is 0. The molecule has 0 saturated carbocycles. The quantitative estimate of drug-likeness (QED) is 0.679. The molecule has 5 nitrogen and oxygen atoms in total. The summed E-state index contributed by atoms with van der Waals surface area (Å²) in [4.78, 5) is 17.2. The Balaban J connectivity index is 1.75. The lowest BCUT2D eigenvalue weighted by atomic mass is 10.2. The van der Waals surface area contributed by atoms with E-state index in [4.69, 9.17) is 4.74 Å². The van der Waals surface area contributed by atoms with Crippen molar-refractivity contribution in [2.24, 2.45) is 0 Å². The van der Waals surface area contributed by atoms with E-state index in [1.165, 1.54) is 0 Å². The first kappa shape index (κ1) is 17.0. The van der Waals surface area contributed by atoms with Crippen molar-refractivity contribution in [3.63, 3.8) is 0 Å². The van der Waals surface area contributed by atoms with Crippen molar-refractivity contribution in [2.45, 2.75) is 33.6 Å². The highest BCUT2D eigenvalue weighted by Gasteiger charge is 2.16. The summed E-state index contributed by atoms with van der Waals surface area (Å²) in [6.45, 7) is 6.70. The Labute approximate surface area is 147 Å². The summed E-state index contributed by atoms with van der Waals surface area (Å²) in [5.74, 6) is 0.640. The SMILES string of the molecule is CCCCOc1ccc(NC(=O)c2c(C)nc3cc(C)ccn23)cc1. The maximum atomic E-state index is 12.7. The number of aryl methyl sites for hydroxylation is 2. The topological polar surface area (TPSA) is 55.6 Å². The zero-order valence-electron chi connectivity index (χ0n) is 14.9. The van der Waals surface area contributed by atoms with Crippen LogP contribution in [-0.2, 0) is 0 Å². The molecule has 0 spiro atoms. The third-order valence-corrected chi connectivity index (χ3v) is 4.05. The third kappa shape index (κ3) is 3.82. The Morgan fingerprint density at radius 2 is 1.96 bits per heavy atom. The van der Waals surface area contributed by atoms with Gasteiger partial charge in [-0.25, -0.2) is 4.98 Å². The molecule has 0 aliphatic rings. The van der Waals surface area contributed by atoms with E-state index >= 15 is 0 Å². The number of aromatic nitrogens is 2. The highest BCUT2D eigenvalue weighted by Crippen LogP contribution is 2.19. The van der Waals surface area contributed by atoms with Gasteiger partial charge in [-0.05, 0) is 62.2 Å². The first-order chi connectivity index (χ1) is 12.1. The van der Waals surface area contributed by atoms with Crippen molar-refractivity contribution in [3.05, 3.63) is 59.5 Å². The number of amides is 1. The van der Waals surface area contributed by atoms with Crippen LogP contribution in [-0.4, -0.2) is 21.9 Å². The number of hydrogen-bond donors (Lipinski definition) is 1. The molecule has 3 rings (SSSR count). The van der Waals surface area contributed by atoms with Crippen molar-refractivity contribution in [1.29, 1.82) is 0 Å². The van der Waals surface area contributed by atoms with Gasteiger partial charge >= 0.3 is 0 Å². The standard InChI is InChI=1S/C20H23N3O2/c1-4-5-12-25-17-8-6-16(7-9-17)22-20(24)19-15(3)21-18-13-14(2)10-11-23(18)19/h6-11,13H,4-5,12H2,1-3H3,(H,22,24). The van der Waals surface area contributed by atoms with Crippen LogP contribution >= 0.6 is 0 Å². The van der Waals surface area contributed by atoms with Gasteiger partial charge in [-0.2, -0.15) is 0 Å². The molecule has 1 amide bonds. The normalized spacial score (nSPS) is 10.8. The van der Waals surface area contributed by atoms with E-state index in [2.05, 4.69) is 17.2 Å². The molecule has 0 radical (unpaired) electrons. The van der Waals surface area contributed by atoms with Crippen LogP contribution in [0, 0.1) is 13.8 Å². The molecule has 25 heavy (non-hydrogen) atoms. The molecule has 130 valence electrons. The Hall–Kier alpha value is -2.82. The number of fused-ring (bicyclic) bond motifs is 1. The van der Waals surface area contributed by atoms with Crippen LogP contribution < -0.4 is 10.1 Å². The highest BCUT2D eigenvalue weighted by molar-refractivity contribution is 6.04. The molecule has 0 fully saturated rings. The van der Waals surface area contributed by atoms with Crippen molar-refractivity contribution < 1.29 is 9.53 Å². The lowest BCUT2D eigenvalue weighted by Gasteiger charge is -2.08. The van der Waals surface area contributed by atoms with Crippen LogP contribution in [0.2, 0.25) is 0 Å². The smallest absolute Gasteiger partial charge is 0.274 e. The van der Waals surface area contributed by atoms with Gasteiger partial charge in [0.05, 0.1) is 12.3 Å². The van der Waals surface area contributed by atoms with Crippen LogP contribution in [0.3, 0.4) is 0 Å². The van der Waals surface area contributed by atoms with E-state index in [1.54, 1.807) is 0 Å². The largest absolute Gasteiger partial charge is 0.494 e. The van der Waals surface area contributed by atoms with Gasteiger partial charge in [0, 0.05) is 11.9 Å². The number of anilines is 1. The summed E-state index contributed by atoms with van der Waals surface area (Å²) in [6.07, 6.45) is 4.02. The number of nitrogens with zero attached hydrogens (tertiary/aromatic N) is 2. The van der Waals surface area contributed by atoms with E-state index in [0.717, 1.165) is 35.5 Å². The molecule has 1 N–H and O–H groups in total. The highest BCUT2D eigenvalue weighted by atomic mass is 16.5. The summed E-state index contributed by atoms with van der Waals surface area (Å²) in [5.41, 5.74) is 3.89. The number of pyridine rings is 1. The Morgan fingerprint density at radius 3 is 2.68 bits per heavy atom. The van der Waals surface area contributed by atoms with Gasteiger partial charge < -0.3 is 10.1 Å². The number of hydrogen-bond acceptors (Lipinski definition) is 3. The summed E-state index contributed by atoms with van der Waals surface area (Å²) in [5, 5.41) is 2.93. The number of nitrogens with one attached hydrogen (secondary N) is 1. The maximum Gasteiger partial charge on any atom is 0.274 e. The number of unbranched alkanes of at least 4 members (excludes halogenated alkanes) is 1. The summed E-state index contributed by atoms with van der Waals surface area (Å²) in [6, 6.07) is 11.4. The van der Waals surface area contributed by atoms with Gasteiger partial charge in [0.2, 0.25) is 0 Å². The van der Waals surface area contributed by atoms with Crippen molar-refractivity contribution in [2.75, 3.05) is 11.9 Å². The molecule has 0 aliphatic carbocycles. The second-order valence-electron chi connectivity index (χ2n) is 6.16. The molecule has 0 aliphatic heterocycles. The van der Waals surface area contributed by atoms with Gasteiger partial charge in [-0.3, -0.25) is 9.20 Å². The summed E-state index contributed by atoms with van der Waals surface area (Å²) < 4.78 is 7.46. The van der Waals surface area contributed by atoms with Gasteiger partial charge in [-0.15, -0.1) is 0 Å². The fourth-order valence-electron chi connectivity index (χ4n) is 2.70. The van der Waals surface area contributed by atoms with Crippen molar-refractivity contribution in [3.8, 4) is 5.75 Å². The molecule has 0 atom stereocenters. The molecule has 0 saturated heterocycles. The first-order valence-electron chi connectivity index (χ1n) is 8.58. The first-order valence-corrected chi connectivity index (χ1v) is 8.58. The molecule has 0 bridgehead atoms. The molecular weight excluding hydrogens is 314 g/mol. The predicted molar refractivity (Wildman–Crippen MR) is 99.5 cm³/mol. The fraction of sp³-hybridized carbons (Fsp3) is 0.300. The van der Waals surface area contributed by atoms with Crippen LogP contribution in [0.4, 0.5) is 5.69 Å². The molecule has 1 aromatic carbocycles. The average Bonchev–Trinajstić information content (AvgIpc) is 2.91. The van der Waals surface area contributed by atoms with Gasteiger partial charge in [0.25, 0.3) is 5.91 Å². The van der Waals surface area contributed by atoms with Crippen LogP contribution in [0.1, 0.15) is 41.5 Å². The lowest BCUT2D eigenvalue weighted by Crippen LogP contribution is -2.15. The molecular formula is C20H23N3O2. The number of ether oxygens (including phenoxy) is 1. The molecule has 0 unspecified atom stereocenters. The van der Waals surface area contributed by atoms with Crippen molar-refractivity contribution >= 4 is 17.2 Å². The molecule has 5 heteroatoms. The van der Waals surface area contributed by atoms with Crippen LogP contribution in [0.5, 0.6) is 5.75 Å². The van der Waals surface area contributed by atoms with E-state index in [-0.39, 0.29) is 5.91 Å². The second kappa shape index (κ2) is 7.38. The fourth-order valence-corrected chi connectivity index (χ4v) is 2.70.